The second-order valence-electron chi connectivity index (χ2n) is 5.27. The topological polar surface area (TPSA) is 17.1 Å². The number of hydrogen-bond donors (Lipinski definition) is 0. The Hall–Kier alpha value is -2.55. The first-order chi connectivity index (χ1) is 10.6. The van der Waals surface area contributed by atoms with Crippen LogP contribution >= 0.6 is 0 Å². The number of carbonyl (C=O) groups is 1. The number of carbonyl (C=O) groups excluding carboxylic acids is 1. The van der Waals surface area contributed by atoms with Crippen molar-refractivity contribution in [3.05, 3.63) is 82.4 Å². The molecule has 0 heterocycles. The molecule has 0 amide bonds. The van der Waals surface area contributed by atoms with E-state index in [1.165, 1.54) is 24.3 Å². The van der Waals surface area contributed by atoms with Gasteiger partial charge in [0.25, 0.3) is 0 Å². The molecule has 1 aliphatic rings. The molecule has 1 saturated carbocycles. The first-order valence-corrected chi connectivity index (χ1v) is 7.09. The first kappa shape index (κ1) is 14.4. The normalized spacial score (nSPS) is 18.4. The van der Waals surface area contributed by atoms with Crippen molar-refractivity contribution in [2.24, 2.45) is 0 Å². The van der Waals surface area contributed by atoms with Crippen LogP contribution in [-0.2, 0) is 4.79 Å². The van der Waals surface area contributed by atoms with Crippen LogP contribution in [-0.4, -0.2) is 5.78 Å². The molecule has 0 unspecified atom stereocenters. The quantitative estimate of drug-likeness (QED) is 0.728. The molecule has 110 valence electrons. The van der Waals surface area contributed by atoms with E-state index in [-0.39, 0.29) is 17.4 Å². The summed E-state index contributed by atoms with van der Waals surface area (Å²) in [7, 11) is 0. The van der Waals surface area contributed by atoms with E-state index < -0.39 is 0 Å². The monoisotopic (exact) mass is 296 g/mol. The zero-order chi connectivity index (χ0) is 15.5. The zero-order valence-electron chi connectivity index (χ0n) is 11.9. The molecule has 0 radical (unpaired) electrons. The minimum Gasteiger partial charge on any atom is -0.289 e. The predicted molar refractivity (Wildman–Crippen MR) is 83.0 cm³/mol. The molecule has 3 heteroatoms. The third kappa shape index (κ3) is 3.19. The van der Waals surface area contributed by atoms with E-state index in [9.17, 15) is 13.6 Å². The highest BCUT2D eigenvalue weighted by Gasteiger charge is 2.22. The maximum Gasteiger partial charge on any atom is 0.185 e. The summed E-state index contributed by atoms with van der Waals surface area (Å²) in [4.78, 5) is 12.4. The average molecular weight is 296 g/mol. The summed E-state index contributed by atoms with van der Waals surface area (Å²) in [6, 6.07) is 12.1. The summed E-state index contributed by atoms with van der Waals surface area (Å²) in [6.07, 6.45) is 4.94. The van der Waals surface area contributed by atoms with E-state index in [2.05, 4.69) is 0 Å². The molecule has 0 aromatic heterocycles. The number of ketones is 1. The Morgan fingerprint density at radius 2 is 1.05 bits per heavy atom. The first-order valence-electron chi connectivity index (χ1n) is 7.09. The van der Waals surface area contributed by atoms with E-state index in [0.29, 0.717) is 12.8 Å². The number of halogens is 2. The van der Waals surface area contributed by atoms with Gasteiger partial charge in [0.05, 0.1) is 0 Å². The van der Waals surface area contributed by atoms with Crippen LogP contribution in [0.25, 0.3) is 12.2 Å². The van der Waals surface area contributed by atoms with E-state index in [4.69, 9.17) is 0 Å². The molecular formula is C19H14F2O. The number of benzene rings is 2. The smallest absolute Gasteiger partial charge is 0.185 e. The zero-order valence-corrected chi connectivity index (χ0v) is 11.9. The highest BCUT2D eigenvalue weighted by Crippen LogP contribution is 2.29. The fraction of sp³-hybridized carbons (Fsp3) is 0.105. The van der Waals surface area contributed by atoms with Crippen molar-refractivity contribution in [3.63, 3.8) is 0 Å². The van der Waals surface area contributed by atoms with Crippen molar-refractivity contribution in [1.29, 1.82) is 0 Å². The Kier molecular flexibility index (Phi) is 3.96. The van der Waals surface area contributed by atoms with Crippen molar-refractivity contribution in [1.82, 2.24) is 0 Å². The Morgan fingerprint density at radius 1 is 0.682 bits per heavy atom. The van der Waals surface area contributed by atoms with Gasteiger partial charge < -0.3 is 0 Å². The lowest BCUT2D eigenvalue weighted by molar-refractivity contribution is -0.111. The van der Waals surface area contributed by atoms with Gasteiger partial charge in [0, 0.05) is 11.1 Å². The van der Waals surface area contributed by atoms with Crippen LogP contribution in [0.15, 0.2) is 59.7 Å². The van der Waals surface area contributed by atoms with Gasteiger partial charge in [-0.2, -0.15) is 0 Å². The summed E-state index contributed by atoms with van der Waals surface area (Å²) in [5.41, 5.74) is 3.07. The van der Waals surface area contributed by atoms with Gasteiger partial charge in [-0.05, 0) is 60.4 Å². The van der Waals surface area contributed by atoms with Crippen molar-refractivity contribution in [2.75, 3.05) is 0 Å². The minimum absolute atomic E-state index is 0.00801. The SMILES string of the molecule is O=C1C(=Cc2ccc(F)cc2)CCC1=Cc1ccc(F)cc1. The molecule has 0 aliphatic heterocycles. The minimum atomic E-state index is -0.295. The third-order valence-corrected chi connectivity index (χ3v) is 3.67. The second kappa shape index (κ2) is 6.06. The maximum atomic E-state index is 12.9. The van der Waals surface area contributed by atoms with Crippen LogP contribution in [0.2, 0.25) is 0 Å². The van der Waals surface area contributed by atoms with E-state index in [1.54, 1.807) is 36.4 Å². The molecule has 1 fully saturated rings. The predicted octanol–water partition coefficient (Wildman–Crippen LogP) is 4.79. The van der Waals surface area contributed by atoms with Gasteiger partial charge in [-0.15, -0.1) is 0 Å². The van der Waals surface area contributed by atoms with E-state index >= 15 is 0 Å². The highest BCUT2D eigenvalue weighted by atomic mass is 19.1. The second-order valence-corrected chi connectivity index (χ2v) is 5.27. The largest absolute Gasteiger partial charge is 0.289 e. The molecule has 0 atom stereocenters. The summed E-state index contributed by atoms with van der Waals surface area (Å²) in [5.74, 6) is -0.581. The van der Waals surface area contributed by atoms with Crippen LogP contribution in [0.1, 0.15) is 24.0 Å². The van der Waals surface area contributed by atoms with Gasteiger partial charge >= 0.3 is 0 Å². The van der Waals surface area contributed by atoms with Crippen LogP contribution in [0, 0.1) is 11.6 Å². The van der Waals surface area contributed by atoms with Crippen molar-refractivity contribution in [2.45, 2.75) is 12.8 Å². The Balaban J connectivity index is 1.82. The molecule has 0 bridgehead atoms. The number of hydrogen-bond acceptors (Lipinski definition) is 1. The molecule has 22 heavy (non-hydrogen) atoms. The van der Waals surface area contributed by atoms with E-state index in [1.807, 2.05) is 0 Å². The molecule has 0 N–H and O–H groups in total. The molecule has 1 nitrogen and oxygen atoms in total. The third-order valence-electron chi connectivity index (χ3n) is 3.67. The summed E-state index contributed by atoms with van der Waals surface area (Å²) in [6.45, 7) is 0. The van der Waals surface area contributed by atoms with Crippen molar-refractivity contribution in [3.8, 4) is 0 Å². The Morgan fingerprint density at radius 3 is 1.41 bits per heavy atom. The van der Waals surface area contributed by atoms with Crippen molar-refractivity contribution >= 4 is 17.9 Å². The summed E-state index contributed by atoms with van der Waals surface area (Å²) < 4.78 is 25.8. The highest BCUT2D eigenvalue weighted by molar-refractivity contribution is 6.15. The molecule has 0 saturated heterocycles. The van der Waals surface area contributed by atoms with Gasteiger partial charge in [-0.25, -0.2) is 8.78 Å². The Bertz CT molecular complexity index is 688. The van der Waals surface area contributed by atoms with Crippen LogP contribution < -0.4 is 0 Å². The lowest BCUT2D eigenvalue weighted by Crippen LogP contribution is -1.95. The molecular weight excluding hydrogens is 282 g/mol. The number of allylic oxidation sites excluding steroid dienone is 2. The maximum absolute atomic E-state index is 12.9. The molecule has 3 rings (SSSR count). The van der Waals surface area contributed by atoms with Gasteiger partial charge in [0.1, 0.15) is 11.6 Å². The van der Waals surface area contributed by atoms with E-state index in [0.717, 1.165) is 22.3 Å². The lowest BCUT2D eigenvalue weighted by Gasteiger charge is -1.98. The fourth-order valence-electron chi connectivity index (χ4n) is 2.50. The summed E-state index contributed by atoms with van der Waals surface area (Å²) >= 11 is 0. The van der Waals surface area contributed by atoms with Gasteiger partial charge in [-0.3, -0.25) is 4.79 Å². The average Bonchev–Trinajstić information content (AvgIpc) is 2.85. The standard InChI is InChI=1S/C19H14F2O/c20-17-7-1-13(2-8-17)11-15-5-6-16(19(15)22)12-14-3-9-18(21)10-4-14/h1-4,7-12H,5-6H2. The summed E-state index contributed by atoms with van der Waals surface area (Å²) in [5, 5.41) is 0. The van der Waals surface area contributed by atoms with Crippen molar-refractivity contribution < 1.29 is 13.6 Å². The van der Waals surface area contributed by atoms with Gasteiger partial charge in [0.15, 0.2) is 5.78 Å². The molecule has 0 spiro atoms. The van der Waals surface area contributed by atoms with Crippen LogP contribution in [0.5, 0.6) is 0 Å². The number of rotatable bonds is 2. The fourth-order valence-corrected chi connectivity index (χ4v) is 2.50. The molecule has 2 aromatic carbocycles. The lowest BCUT2D eigenvalue weighted by atomic mass is 10.1. The molecule has 1 aliphatic carbocycles. The Labute approximate surface area is 127 Å². The number of Topliss-reactive ketones (excluding diaryl/α,β-unsaturated/α-hetero) is 1. The van der Waals surface area contributed by atoms with Crippen LogP contribution in [0.3, 0.4) is 0 Å². The molecule has 2 aromatic rings. The van der Waals surface area contributed by atoms with Gasteiger partial charge in [0.2, 0.25) is 0 Å². The van der Waals surface area contributed by atoms with Crippen LogP contribution in [0.4, 0.5) is 8.78 Å². The van der Waals surface area contributed by atoms with Gasteiger partial charge in [-0.1, -0.05) is 24.3 Å².